The van der Waals surface area contributed by atoms with Gasteiger partial charge in [0.1, 0.15) is 16.3 Å². The van der Waals surface area contributed by atoms with Crippen molar-refractivity contribution in [2.45, 2.75) is 13.8 Å². The summed E-state index contributed by atoms with van der Waals surface area (Å²) in [5.74, 6) is 0.219. The van der Waals surface area contributed by atoms with Crippen LogP contribution in [0.15, 0.2) is 47.8 Å². The van der Waals surface area contributed by atoms with Crippen LogP contribution in [-0.2, 0) is 4.74 Å². The highest BCUT2D eigenvalue weighted by molar-refractivity contribution is 7.15. The molecule has 2 N–H and O–H groups in total. The molecule has 162 valence electrons. The Bertz CT molecular complexity index is 1080. The fourth-order valence-corrected chi connectivity index (χ4v) is 4.06. The molecule has 31 heavy (non-hydrogen) atoms. The van der Waals surface area contributed by atoms with E-state index in [1.54, 1.807) is 24.4 Å². The molecular weight excluding hydrogens is 459 g/mol. The van der Waals surface area contributed by atoms with E-state index in [1.807, 2.05) is 31.2 Å². The maximum atomic E-state index is 12.7. The average molecular weight is 479 g/mol. The number of thiophene rings is 1. The summed E-state index contributed by atoms with van der Waals surface area (Å²) in [5, 5.41) is 8.28. The van der Waals surface area contributed by atoms with E-state index in [0.717, 1.165) is 11.3 Å². The molecule has 0 saturated heterocycles. The number of urea groups is 1. The van der Waals surface area contributed by atoms with Crippen molar-refractivity contribution in [2.24, 2.45) is 0 Å². The molecule has 9 heteroatoms. The Morgan fingerprint density at radius 1 is 0.968 bits per heavy atom. The van der Waals surface area contributed by atoms with E-state index in [2.05, 4.69) is 10.6 Å². The lowest BCUT2D eigenvalue weighted by atomic mass is 10.0. The molecular formula is C22H20Cl2N2O4S. The summed E-state index contributed by atoms with van der Waals surface area (Å²) in [6.45, 7) is 4.41. The van der Waals surface area contributed by atoms with E-state index >= 15 is 0 Å². The lowest BCUT2D eigenvalue weighted by Gasteiger charge is -2.10. The number of amides is 2. The zero-order valence-corrected chi connectivity index (χ0v) is 19.2. The lowest BCUT2D eigenvalue weighted by molar-refractivity contribution is 0.0529. The molecule has 0 unspecified atom stereocenters. The highest BCUT2D eigenvalue weighted by atomic mass is 35.5. The van der Waals surface area contributed by atoms with Crippen LogP contribution in [0.5, 0.6) is 5.75 Å². The van der Waals surface area contributed by atoms with Crippen LogP contribution in [0, 0.1) is 0 Å². The Hall–Kier alpha value is -2.74. The van der Waals surface area contributed by atoms with E-state index in [1.165, 1.54) is 17.4 Å². The largest absolute Gasteiger partial charge is 0.494 e. The lowest BCUT2D eigenvalue weighted by Crippen LogP contribution is -2.20. The SMILES string of the molecule is CCOC(=O)c1c(-c2ccc(OCC)cc2)csc1NC(=O)Nc1ccc(Cl)c(Cl)c1. The van der Waals surface area contributed by atoms with Crippen molar-refractivity contribution in [1.29, 1.82) is 0 Å². The van der Waals surface area contributed by atoms with E-state index in [-0.39, 0.29) is 6.61 Å². The number of hydrogen-bond donors (Lipinski definition) is 2. The van der Waals surface area contributed by atoms with Crippen LogP contribution in [0.4, 0.5) is 15.5 Å². The number of anilines is 2. The van der Waals surface area contributed by atoms with Crippen molar-refractivity contribution >= 4 is 57.2 Å². The van der Waals surface area contributed by atoms with E-state index in [4.69, 9.17) is 32.7 Å². The third kappa shape index (κ3) is 5.70. The summed E-state index contributed by atoms with van der Waals surface area (Å²) in [5.41, 5.74) is 2.23. The van der Waals surface area contributed by atoms with Gasteiger partial charge in [-0.05, 0) is 49.7 Å². The molecule has 0 aliphatic carbocycles. The minimum absolute atomic E-state index is 0.215. The Kier molecular flexibility index (Phi) is 7.79. The van der Waals surface area contributed by atoms with E-state index in [9.17, 15) is 9.59 Å². The van der Waals surface area contributed by atoms with Crippen molar-refractivity contribution in [3.63, 3.8) is 0 Å². The smallest absolute Gasteiger partial charge is 0.341 e. The number of nitrogens with one attached hydrogen (secondary N) is 2. The molecule has 3 rings (SSSR count). The number of carbonyl (C=O) groups excluding carboxylic acids is 2. The predicted molar refractivity (Wildman–Crippen MR) is 126 cm³/mol. The fourth-order valence-electron chi connectivity index (χ4n) is 2.81. The summed E-state index contributed by atoms with van der Waals surface area (Å²) >= 11 is 13.1. The summed E-state index contributed by atoms with van der Waals surface area (Å²) < 4.78 is 10.7. The third-order valence-corrected chi connectivity index (χ3v) is 5.79. The van der Waals surface area contributed by atoms with Gasteiger partial charge in [0.25, 0.3) is 0 Å². The highest BCUT2D eigenvalue weighted by Crippen LogP contribution is 2.37. The second kappa shape index (κ2) is 10.5. The number of ether oxygens (including phenoxy) is 2. The van der Waals surface area contributed by atoms with Gasteiger partial charge in [0.2, 0.25) is 0 Å². The van der Waals surface area contributed by atoms with Crippen LogP contribution >= 0.6 is 34.5 Å². The van der Waals surface area contributed by atoms with Crippen molar-refractivity contribution < 1.29 is 19.1 Å². The second-order valence-electron chi connectivity index (χ2n) is 6.24. The molecule has 0 aliphatic heterocycles. The van der Waals surface area contributed by atoms with Gasteiger partial charge in [-0.1, -0.05) is 35.3 Å². The Labute approximate surface area is 194 Å². The summed E-state index contributed by atoms with van der Waals surface area (Å²) in [7, 11) is 0. The first-order chi connectivity index (χ1) is 14.9. The van der Waals surface area contributed by atoms with Gasteiger partial charge in [-0.2, -0.15) is 0 Å². The number of benzene rings is 2. The Morgan fingerprint density at radius 2 is 1.71 bits per heavy atom. The molecule has 2 aromatic carbocycles. The minimum Gasteiger partial charge on any atom is -0.494 e. The summed E-state index contributed by atoms with van der Waals surface area (Å²) in [6.07, 6.45) is 0. The van der Waals surface area contributed by atoms with Gasteiger partial charge < -0.3 is 14.8 Å². The Balaban J connectivity index is 1.86. The maximum absolute atomic E-state index is 12.7. The molecule has 0 bridgehead atoms. The third-order valence-electron chi connectivity index (χ3n) is 4.15. The molecule has 0 atom stereocenters. The summed E-state index contributed by atoms with van der Waals surface area (Å²) in [4.78, 5) is 25.2. The first-order valence-electron chi connectivity index (χ1n) is 9.47. The van der Waals surface area contributed by atoms with Crippen LogP contribution < -0.4 is 15.4 Å². The fraction of sp³-hybridized carbons (Fsp3) is 0.182. The zero-order valence-electron chi connectivity index (χ0n) is 16.8. The second-order valence-corrected chi connectivity index (χ2v) is 7.93. The first-order valence-corrected chi connectivity index (χ1v) is 11.1. The van der Waals surface area contributed by atoms with Gasteiger partial charge in [-0.15, -0.1) is 11.3 Å². The first kappa shape index (κ1) is 22.9. The quantitative estimate of drug-likeness (QED) is 0.360. The number of halogens is 2. The van der Waals surface area contributed by atoms with Gasteiger partial charge in [0, 0.05) is 16.6 Å². The van der Waals surface area contributed by atoms with Gasteiger partial charge in [-0.3, -0.25) is 5.32 Å². The maximum Gasteiger partial charge on any atom is 0.341 e. The molecule has 0 aliphatic rings. The van der Waals surface area contributed by atoms with E-state index in [0.29, 0.717) is 38.5 Å². The zero-order chi connectivity index (χ0) is 22.4. The van der Waals surface area contributed by atoms with Crippen LogP contribution in [0.25, 0.3) is 11.1 Å². The van der Waals surface area contributed by atoms with Crippen LogP contribution in [0.1, 0.15) is 24.2 Å². The van der Waals surface area contributed by atoms with E-state index < -0.39 is 12.0 Å². The molecule has 1 aromatic heterocycles. The molecule has 1 heterocycles. The predicted octanol–water partition coefficient (Wildman–Crippen LogP) is 6.94. The number of esters is 1. The Morgan fingerprint density at radius 3 is 2.35 bits per heavy atom. The average Bonchev–Trinajstić information content (AvgIpc) is 3.15. The molecule has 2 amide bonds. The molecule has 0 saturated carbocycles. The monoisotopic (exact) mass is 478 g/mol. The minimum atomic E-state index is -0.524. The number of hydrogen-bond acceptors (Lipinski definition) is 5. The van der Waals surface area contributed by atoms with Crippen LogP contribution in [-0.4, -0.2) is 25.2 Å². The normalized spacial score (nSPS) is 10.5. The summed E-state index contributed by atoms with van der Waals surface area (Å²) in [6, 6.07) is 11.6. The van der Waals surface area contributed by atoms with Gasteiger partial charge in [0.15, 0.2) is 0 Å². The van der Waals surface area contributed by atoms with Gasteiger partial charge in [-0.25, -0.2) is 9.59 Å². The topological polar surface area (TPSA) is 76.7 Å². The molecule has 0 radical (unpaired) electrons. The standard InChI is InChI=1S/C22H20Cl2N2O4S/c1-3-29-15-8-5-13(6-9-15)16-12-31-20(19(16)21(27)30-4-2)26-22(28)25-14-7-10-17(23)18(24)11-14/h5-12H,3-4H2,1-2H3,(H2,25,26,28). The van der Waals surface area contributed by atoms with Crippen molar-refractivity contribution in [3.8, 4) is 16.9 Å². The van der Waals surface area contributed by atoms with Crippen molar-refractivity contribution in [1.82, 2.24) is 0 Å². The van der Waals surface area contributed by atoms with Gasteiger partial charge in [0.05, 0.1) is 23.3 Å². The number of rotatable bonds is 7. The molecule has 0 fully saturated rings. The molecule has 0 spiro atoms. The molecule has 6 nitrogen and oxygen atoms in total. The highest BCUT2D eigenvalue weighted by Gasteiger charge is 2.23. The van der Waals surface area contributed by atoms with Gasteiger partial charge >= 0.3 is 12.0 Å². The number of carbonyl (C=O) groups is 2. The molecule has 3 aromatic rings. The van der Waals surface area contributed by atoms with Crippen molar-refractivity contribution in [2.75, 3.05) is 23.8 Å². The van der Waals surface area contributed by atoms with Crippen LogP contribution in [0.3, 0.4) is 0 Å². The van der Waals surface area contributed by atoms with Crippen LogP contribution in [0.2, 0.25) is 10.0 Å². The van der Waals surface area contributed by atoms with Crippen molar-refractivity contribution in [3.05, 3.63) is 63.5 Å².